The van der Waals surface area contributed by atoms with E-state index in [9.17, 15) is 9.59 Å². The summed E-state index contributed by atoms with van der Waals surface area (Å²) < 4.78 is 13.0. The Morgan fingerprint density at radius 2 is 1.74 bits per heavy atom. The molecule has 0 atom stereocenters. The van der Waals surface area contributed by atoms with Crippen LogP contribution in [0.5, 0.6) is 5.75 Å². The van der Waals surface area contributed by atoms with Gasteiger partial charge in [0.1, 0.15) is 12.4 Å². The molecule has 0 spiro atoms. The Labute approximate surface area is 236 Å². The first-order chi connectivity index (χ1) is 18.9. The van der Waals surface area contributed by atoms with Crippen molar-refractivity contribution in [2.75, 3.05) is 18.5 Å². The Kier molecular flexibility index (Phi) is 7.87. The number of nitrogens with zero attached hydrogens (tertiary/aromatic N) is 1. The van der Waals surface area contributed by atoms with E-state index in [-0.39, 0.29) is 19.1 Å². The van der Waals surface area contributed by atoms with Crippen LogP contribution in [0.2, 0.25) is 10.0 Å². The number of fused-ring (bicyclic) bond motifs is 1. The molecule has 1 aliphatic rings. The van der Waals surface area contributed by atoms with Gasteiger partial charge in [0.25, 0.3) is 5.91 Å². The van der Waals surface area contributed by atoms with Crippen molar-refractivity contribution in [2.24, 2.45) is 0 Å². The fraction of sp³-hybridized carbons (Fsp3) is 0.0968. The summed E-state index contributed by atoms with van der Waals surface area (Å²) in [5.41, 5.74) is 4.55. The van der Waals surface area contributed by atoms with E-state index in [1.807, 2.05) is 47.2 Å². The van der Waals surface area contributed by atoms with Crippen molar-refractivity contribution in [1.82, 2.24) is 4.57 Å². The van der Waals surface area contributed by atoms with Crippen LogP contribution in [0.15, 0.2) is 90.6 Å². The minimum atomic E-state index is -0.444. The van der Waals surface area contributed by atoms with Gasteiger partial charge in [-0.15, -0.1) is 0 Å². The Bertz CT molecular complexity index is 1590. The highest BCUT2D eigenvalue weighted by molar-refractivity contribution is 6.31. The molecule has 0 aliphatic carbocycles. The number of benzene rings is 3. The van der Waals surface area contributed by atoms with E-state index in [0.29, 0.717) is 38.2 Å². The van der Waals surface area contributed by atoms with Crippen molar-refractivity contribution in [3.05, 3.63) is 117 Å². The zero-order valence-electron chi connectivity index (χ0n) is 21.0. The van der Waals surface area contributed by atoms with E-state index in [4.69, 9.17) is 32.7 Å². The van der Waals surface area contributed by atoms with E-state index in [1.165, 1.54) is 0 Å². The molecular weight excluding hydrogens is 535 g/mol. The van der Waals surface area contributed by atoms with Gasteiger partial charge in [-0.3, -0.25) is 4.79 Å². The van der Waals surface area contributed by atoms with Gasteiger partial charge in [0.2, 0.25) is 0 Å². The quantitative estimate of drug-likeness (QED) is 0.191. The third kappa shape index (κ3) is 6.08. The molecule has 1 aromatic heterocycles. The fourth-order valence-electron chi connectivity index (χ4n) is 4.19. The summed E-state index contributed by atoms with van der Waals surface area (Å²) in [7, 11) is 0. The summed E-state index contributed by atoms with van der Waals surface area (Å²) in [6, 6.07) is 23.6. The third-order valence-electron chi connectivity index (χ3n) is 6.10. The summed E-state index contributed by atoms with van der Waals surface area (Å²) in [4.78, 5) is 25.8. The molecule has 1 N–H and O–H groups in total. The first kappa shape index (κ1) is 26.4. The van der Waals surface area contributed by atoms with Crippen LogP contribution in [0, 0.1) is 0 Å². The van der Waals surface area contributed by atoms with Crippen LogP contribution in [0.1, 0.15) is 23.7 Å². The lowest BCUT2D eigenvalue weighted by Gasteiger charge is -2.18. The Morgan fingerprint density at radius 3 is 2.49 bits per heavy atom. The number of anilines is 1. The van der Waals surface area contributed by atoms with Gasteiger partial charge >= 0.3 is 5.97 Å². The average Bonchev–Trinajstić information content (AvgIpc) is 3.40. The number of hydrogen-bond donors (Lipinski definition) is 1. The van der Waals surface area contributed by atoms with Crippen LogP contribution in [0.4, 0.5) is 5.69 Å². The van der Waals surface area contributed by atoms with Gasteiger partial charge in [-0.1, -0.05) is 35.3 Å². The van der Waals surface area contributed by atoms with Gasteiger partial charge in [0.05, 0.1) is 17.8 Å². The highest BCUT2D eigenvalue weighted by atomic mass is 35.5. The summed E-state index contributed by atoms with van der Waals surface area (Å²) in [5, 5.41) is 4.10. The molecule has 5 rings (SSSR count). The molecule has 1 amide bonds. The van der Waals surface area contributed by atoms with Crippen molar-refractivity contribution in [2.45, 2.75) is 6.92 Å². The van der Waals surface area contributed by atoms with E-state index >= 15 is 0 Å². The predicted octanol–water partition coefficient (Wildman–Crippen LogP) is 7.30. The summed E-state index contributed by atoms with van der Waals surface area (Å²) >= 11 is 12.1. The fourth-order valence-corrected chi connectivity index (χ4v) is 4.50. The first-order valence-corrected chi connectivity index (χ1v) is 13.0. The molecule has 4 aromatic rings. The molecule has 0 radical (unpaired) electrons. The van der Waals surface area contributed by atoms with Gasteiger partial charge in [-0.25, -0.2) is 4.79 Å². The molecule has 0 saturated heterocycles. The van der Waals surface area contributed by atoms with Gasteiger partial charge in [-0.2, -0.15) is 0 Å². The van der Waals surface area contributed by atoms with E-state index in [1.54, 1.807) is 61.5 Å². The number of rotatable bonds is 7. The number of hydrogen-bond acceptors (Lipinski definition) is 4. The second kappa shape index (κ2) is 11.6. The molecule has 0 fully saturated rings. The smallest absolute Gasteiger partial charge is 0.338 e. The maximum absolute atomic E-state index is 12.9. The van der Waals surface area contributed by atoms with Crippen molar-refractivity contribution < 1.29 is 19.1 Å². The molecule has 39 heavy (non-hydrogen) atoms. The Morgan fingerprint density at radius 1 is 1.00 bits per heavy atom. The number of aromatic nitrogens is 1. The number of halogens is 2. The maximum Gasteiger partial charge on any atom is 0.338 e. The Balaban J connectivity index is 1.39. The van der Waals surface area contributed by atoms with E-state index in [0.717, 1.165) is 16.9 Å². The van der Waals surface area contributed by atoms with E-state index in [2.05, 4.69) is 5.32 Å². The second-order valence-corrected chi connectivity index (χ2v) is 9.60. The number of carbonyl (C=O) groups excluding carboxylic acids is 2. The highest BCUT2D eigenvalue weighted by Gasteiger charge is 2.19. The van der Waals surface area contributed by atoms with Gasteiger partial charge in [-0.05, 0) is 91.4 Å². The summed E-state index contributed by atoms with van der Waals surface area (Å²) in [5.74, 6) is -0.0453. The van der Waals surface area contributed by atoms with Crippen LogP contribution < -0.4 is 10.1 Å². The van der Waals surface area contributed by atoms with Crippen LogP contribution in [0.3, 0.4) is 0 Å². The lowest BCUT2D eigenvalue weighted by Crippen LogP contribution is -2.21. The molecule has 1 aliphatic heterocycles. The topological polar surface area (TPSA) is 69.6 Å². The number of amides is 1. The molecule has 0 bridgehead atoms. The normalized spacial score (nSPS) is 12.7. The van der Waals surface area contributed by atoms with Crippen LogP contribution >= 0.6 is 23.2 Å². The minimum absolute atomic E-state index is 0.154. The van der Waals surface area contributed by atoms with Crippen LogP contribution in [-0.2, 0) is 14.3 Å². The lowest BCUT2D eigenvalue weighted by molar-refractivity contribution is -0.136. The van der Waals surface area contributed by atoms with Crippen molar-refractivity contribution in [1.29, 1.82) is 0 Å². The molecule has 196 valence electrons. The van der Waals surface area contributed by atoms with Gasteiger partial charge in [0, 0.05) is 38.9 Å². The van der Waals surface area contributed by atoms with Crippen molar-refractivity contribution in [3.63, 3.8) is 0 Å². The van der Waals surface area contributed by atoms with Crippen molar-refractivity contribution >= 4 is 58.5 Å². The number of ether oxygens (including phenoxy) is 2. The SMILES string of the molecule is CCOC(=O)C(=Cc1cccn1-c1ccc(Cl)cc1)c1ccc(NC(=O)C2=Cc3cc(Cl)ccc3OC2)cc1. The van der Waals surface area contributed by atoms with Crippen LogP contribution in [0.25, 0.3) is 23.4 Å². The number of nitrogens with one attached hydrogen (secondary N) is 1. The number of esters is 1. The molecular formula is C31H24Cl2N2O4. The van der Waals surface area contributed by atoms with E-state index < -0.39 is 5.97 Å². The first-order valence-electron chi connectivity index (χ1n) is 12.3. The standard InChI is InChI=1S/C31H24Cl2N2O4/c1-2-38-31(37)28(18-27-4-3-15-35(27)26-12-7-23(32)8-13-26)20-5-10-25(11-6-20)34-30(36)22-16-21-17-24(33)9-14-29(21)39-19-22/h3-18H,2,19H2,1H3,(H,34,36). The molecule has 0 unspecified atom stereocenters. The average molecular weight is 559 g/mol. The molecule has 6 nitrogen and oxygen atoms in total. The minimum Gasteiger partial charge on any atom is -0.488 e. The third-order valence-corrected chi connectivity index (χ3v) is 6.59. The molecule has 8 heteroatoms. The molecule has 3 aromatic carbocycles. The monoisotopic (exact) mass is 558 g/mol. The van der Waals surface area contributed by atoms with Gasteiger partial charge < -0.3 is 19.4 Å². The molecule has 0 saturated carbocycles. The lowest BCUT2D eigenvalue weighted by atomic mass is 10.0. The largest absolute Gasteiger partial charge is 0.488 e. The second-order valence-electron chi connectivity index (χ2n) is 8.73. The summed E-state index contributed by atoms with van der Waals surface area (Å²) in [6.07, 6.45) is 5.46. The van der Waals surface area contributed by atoms with Crippen LogP contribution in [-0.4, -0.2) is 29.7 Å². The Hall–Kier alpha value is -4.26. The number of carbonyl (C=O) groups is 2. The summed E-state index contributed by atoms with van der Waals surface area (Å²) in [6.45, 7) is 2.16. The maximum atomic E-state index is 12.9. The van der Waals surface area contributed by atoms with Gasteiger partial charge in [0.15, 0.2) is 0 Å². The molecule has 2 heterocycles. The highest BCUT2D eigenvalue weighted by Crippen LogP contribution is 2.30. The zero-order valence-corrected chi connectivity index (χ0v) is 22.5. The zero-order chi connectivity index (χ0) is 27.4. The predicted molar refractivity (Wildman–Crippen MR) is 155 cm³/mol. The van der Waals surface area contributed by atoms with Crippen molar-refractivity contribution in [3.8, 4) is 11.4 Å².